The number of nitrogens with one attached hydrogen (secondary N) is 3. The zero-order valence-corrected chi connectivity index (χ0v) is 17.6. The maximum absolute atomic E-state index is 12.1. The van der Waals surface area contributed by atoms with Gasteiger partial charge in [-0.05, 0) is 67.6 Å². The van der Waals surface area contributed by atoms with Crippen LogP contribution in [0.5, 0.6) is 5.75 Å². The van der Waals surface area contributed by atoms with Crippen molar-refractivity contribution in [1.29, 1.82) is 0 Å². The van der Waals surface area contributed by atoms with Gasteiger partial charge < -0.3 is 26.4 Å². The summed E-state index contributed by atoms with van der Waals surface area (Å²) in [4.78, 5) is 14.5. The van der Waals surface area contributed by atoms with Gasteiger partial charge in [0.2, 0.25) is 0 Å². The van der Waals surface area contributed by atoms with Crippen LogP contribution in [0.25, 0.3) is 0 Å². The van der Waals surface area contributed by atoms with E-state index < -0.39 is 5.91 Å². The topological polar surface area (TPSA) is 119 Å². The fourth-order valence-electron chi connectivity index (χ4n) is 3.96. The smallest absolute Gasteiger partial charge is 0.256 e. The van der Waals surface area contributed by atoms with E-state index in [1.54, 1.807) is 24.3 Å². The molecule has 4 rings (SSSR count). The van der Waals surface area contributed by atoms with E-state index in [0.29, 0.717) is 18.2 Å². The highest BCUT2D eigenvalue weighted by atomic mass is 16.3. The number of nitrogens with two attached hydrogens (primary N) is 1. The van der Waals surface area contributed by atoms with Gasteiger partial charge in [-0.2, -0.15) is 5.10 Å². The number of phenols is 1. The van der Waals surface area contributed by atoms with Gasteiger partial charge >= 0.3 is 0 Å². The number of aryl methyl sites for hydroxylation is 1. The van der Waals surface area contributed by atoms with Gasteiger partial charge in [0.05, 0.1) is 0 Å². The quantitative estimate of drug-likeness (QED) is 0.396. The van der Waals surface area contributed by atoms with Gasteiger partial charge in [0, 0.05) is 31.0 Å². The number of aromatic nitrogens is 2. The Kier molecular flexibility index (Phi) is 5.97. The van der Waals surface area contributed by atoms with Gasteiger partial charge in [-0.15, -0.1) is 0 Å². The molecule has 162 valence electrons. The third-order valence-corrected chi connectivity index (χ3v) is 5.57. The first-order chi connectivity index (χ1) is 15.0. The van der Waals surface area contributed by atoms with Crippen LogP contribution in [-0.4, -0.2) is 34.3 Å². The molecule has 1 saturated heterocycles. The molecule has 6 N–H and O–H groups in total. The third kappa shape index (κ3) is 4.74. The van der Waals surface area contributed by atoms with Crippen LogP contribution in [0.1, 0.15) is 40.7 Å². The summed E-state index contributed by atoms with van der Waals surface area (Å²) in [6.07, 6.45) is 3.76. The fourth-order valence-corrected chi connectivity index (χ4v) is 3.96. The summed E-state index contributed by atoms with van der Waals surface area (Å²) >= 11 is 0. The zero-order chi connectivity index (χ0) is 21.8. The van der Waals surface area contributed by atoms with Crippen molar-refractivity contribution in [3.63, 3.8) is 0 Å². The van der Waals surface area contributed by atoms with Gasteiger partial charge in [0.15, 0.2) is 5.82 Å². The number of phenolic OH excluding ortho intramolecular Hbond substituents is 1. The highest BCUT2D eigenvalue weighted by Crippen LogP contribution is 2.29. The monoisotopic (exact) mass is 420 g/mol. The van der Waals surface area contributed by atoms with Crippen molar-refractivity contribution in [2.24, 2.45) is 5.73 Å². The normalized spacial score (nSPS) is 13.8. The molecule has 1 amide bonds. The predicted molar refractivity (Wildman–Crippen MR) is 123 cm³/mol. The van der Waals surface area contributed by atoms with Crippen molar-refractivity contribution in [2.75, 3.05) is 28.6 Å². The molecule has 0 unspecified atom stereocenters. The number of hydrogen-bond acceptors (Lipinski definition) is 6. The number of aromatic amines is 1. The molecule has 8 nitrogen and oxygen atoms in total. The Morgan fingerprint density at radius 1 is 1.16 bits per heavy atom. The first kappa shape index (κ1) is 20.6. The van der Waals surface area contributed by atoms with Crippen LogP contribution >= 0.6 is 0 Å². The lowest BCUT2D eigenvalue weighted by Crippen LogP contribution is -2.29. The van der Waals surface area contributed by atoms with Crippen molar-refractivity contribution >= 4 is 28.9 Å². The second-order valence-electron chi connectivity index (χ2n) is 7.88. The molecule has 0 atom stereocenters. The Bertz CT molecular complexity index is 1050. The van der Waals surface area contributed by atoms with E-state index in [2.05, 4.69) is 44.8 Å². The average molecular weight is 421 g/mol. The van der Waals surface area contributed by atoms with Crippen LogP contribution in [0.3, 0.4) is 0 Å². The number of piperidine rings is 1. The summed E-state index contributed by atoms with van der Waals surface area (Å²) in [6, 6.07) is 13.0. The molecule has 0 saturated carbocycles. The van der Waals surface area contributed by atoms with Crippen molar-refractivity contribution in [2.45, 2.75) is 32.7 Å². The number of anilines is 4. The molecule has 1 aliphatic heterocycles. The van der Waals surface area contributed by atoms with Crippen LogP contribution in [0, 0.1) is 6.92 Å². The lowest BCUT2D eigenvalue weighted by Gasteiger charge is -2.30. The van der Waals surface area contributed by atoms with Gasteiger partial charge in [-0.3, -0.25) is 9.89 Å². The molecule has 0 spiro atoms. The lowest BCUT2D eigenvalue weighted by molar-refractivity contribution is 0.100. The molecule has 31 heavy (non-hydrogen) atoms. The number of rotatable bonds is 7. The Labute approximate surface area is 181 Å². The van der Waals surface area contributed by atoms with E-state index in [0.717, 1.165) is 24.3 Å². The number of nitrogens with zero attached hydrogens (tertiary/aromatic N) is 2. The maximum atomic E-state index is 12.1. The molecule has 0 bridgehead atoms. The average Bonchev–Trinajstić information content (AvgIpc) is 3.17. The van der Waals surface area contributed by atoms with Gasteiger partial charge in [0.1, 0.15) is 17.1 Å². The Hall–Kier alpha value is -3.68. The number of aromatic hydroxyl groups is 1. The first-order valence-corrected chi connectivity index (χ1v) is 10.5. The highest BCUT2D eigenvalue weighted by Gasteiger charge is 2.19. The number of benzene rings is 2. The molecular weight excluding hydrogens is 392 g/mol. The van der Waals surface area contributed by atoms with Crippen molar-refractivity contribution in [3.05, 3.63) is 59.2 Å². The number of H-pyrrole nitrogens is 1. The largest absolute Gasteiger partial charge is 0.508 e. The summed E-state index contributed by atoms with van der Waals surface area (Å²) in [7, 11) is 0. The standard InChI is InChI=1S/C23H28N6O2/c1-15-13-17(7-10-19(15)29-11-3-2-4-12-29)26-23-20(21(24)31)22(27-28-23)25-14-16-5-8-18(30)9-6-16/h5-10,13,30H,2-4,11-12,14H2,1H3,(H2,24,31)(H3,25,26,27,28). The molecule has 2 aromatic carbocycles. The minimum atomic E-state index is -0.578. The van der Waals surface area contributed by atoms with Gasteiger partial charge in [0.25, 0.3) is 5.91 Å². The summed E-state index contributed by atoms with van der Waals surface area (Å²) in [5.74, 6) is 0.456. The van der Waals surface area contributed by atoms with Crippen LogP contribution < -0.4 is 21.3 Å². The summed E-state index contributed by atoms with van der Waals surface area (Å²) in [6.45, 7) is 4.73. The lowest BCUT2D eigenvalue weighted by atomic mass is 10.1. The molecule has 0 radical (unpaired) electrons. The molecule has 0 aliphatic carbocycles. The zero-order valence-electron chi connectivity index (χ0n) is 17.6. The SMILES string of the molecule is Cc1cc(Nc2n[nH]c(NCc3ccc(O)cc3)c2C(N)=O)ccc1N1CCCCC1. The van der Waals surface area contributed by atoms with Crippen molar-refractivity contribution < 1.29 is 9.90 Å². The maximum Gasteiger partial charge on any atom is 0.256 e. The van der Waals surface area contributed by atoms with E-state index in [9.17, 15) is 9.90 Å². The van der Waals surface area contributed by atoms with E-state index in [1.807, 2.05) is 6.07 Å². The molecule has 8 heteroatoms. The number of carbonyl (C=O) groups excluding carboxylic acids is 1. The Morgan fingerprint density at radius 2 is 1.90 bits per heavy atom. The van der Waals surface area contributed by atoms with Crippen molar-refractivity contribution in [1.82, 2.24) is 10.2 Å². The number of hydrogen-bond donors (Lipinski definition) is 5. The number of primary amides is 1. The fraction of sp³-hybridized carbons (Fsp3) is 0.304. The summed E-state index contributed by atoms with van der Waals surface area (Å²) in [5.41, 5.74) is 10.1. The van der Waals surface area contributed by atoms with Crippen LogP contribution in [-0.2, 0) is 6.54 Å². The highest BCUT2D eigenvalue weighted by molar-refractivity contribution is 6.03. The summed E-state index contributed by atoms with van der Waals surface area (Å²) < 4.78 is 0. The second kappa shape index (κ2) is 8.99. The molecule has 1 aromatic heterocycles. The minimum absolute atomic E-state index is 0.205. The van der Waals surface area contributed by atoms with E-state index in [-0.39, 0.29) is 11.3 Å². The Morgan fingerprint density at radius 3 is 2.58 bits per heavy atom. The van der Waals surface area contributed by atoms with Crippen LogP contribution in [0.15, 0.2) is 42.5 Å². The van der Waals surface area contributed by atoms with E-state index >= 15 is 0 Å². The molecule has 1 aliphatic rings. The minimum Gasteiger partial charge on any atom is -0.508 e. The number of carbonyl (C=O) groups is 1. The van der Waals surface area contributed by atoms with Crippen LogP contribution in [0.4, 0.5) is 23.0 Å². The predicted octanol–water partition coefficient (Wildman–Crippen LogP) is 3.87. The molecular formula is C23H28N6O2. The molecule has 1 fully saturated rings. The molecule has 3 aromatic rings. The van der Waals surface area contributed by atoms with E-state index in [1.165, 1.54) is 30.5 Å². The van der Waals surface area contributed by atoms with Gasteiger partial charge in [-0.1, -0.05) is 12.1 Å². The Balaban J connectivity index is 1.49. The van der Waals surface area contributed by atoms with Crippen LogP contribution in [0.2, 0.25) is 0 Å². The summed E-state index contributed by atoms with van der Waals surface area (Å²) in [5, 5.41) is 22.9. The van der Waals surface area contributed by atoms with Crippen molar-refractivity contribution in [3.8, 4) is 5.75 Å². The van der Waals surface area contributed by atoms with Gasteiger partial charge in [-0.25, -0.2) is 0 Å². The molecule has 2 heterocycles. The third-order valence-electron chi connectivity index (χ3n) is 5.57. The first-order valence-electron chi connectivity index (χ1n) is 10.5. The number of amides is 1. The second-order valence-corrected chi connectivity index (χ2v) is 7.88. The van der Waals surface area contributed by atoms with E-state index in [4.69, 9.17) is 5.73 Å².